The van der Waals surface area contributed by atoms with Crippen molar-refractivity contribution < 1.29 is 9.66 Å². The van der Waals surface area contributed by atoms with Crippen molar-refractivity contribution in [1.29, 1.82) is 0 Å². The molecule has 0 bridgehead atoms. The molecule has 1 fully saturated rings. The van der Waals surface area contributed by atoms with Crippen LogP contribution in [0, 0.1) is 10.1 Å². The molecule has 0 spiro atoms. The van der Waals surface area contributed by atoms with Gasteiger partial charge >= 0.3 is 5.69 Å². The molecule has 92 valence electrons. The predicted molar refractivity (Wildman–Crippen MR) is 64.2 cm³/mol. The molecule has 2 N–H and O–H groups in total. The number of nitro groups is 1. The molecule has 1 aliphatic rings. The number of nitrogens with two attached hydrogens (primary N) is 1. The second-order valence-electron chi connectivity index (χ2n) is 4.45. The number of ether oxygens (including phenoxy) is 1. The summed E-state index contributed by atoms with van der Waals surface area (Å²) in [4.78, 5) is 10.8. The van der Waals surface area contributed by atoms with Crippen LogP contribution in [0.5, 0.6) is 5.75 Å². The maximum Gasteiger partial charge on any atom is 0.314 e. The van der Waals surface area contributed by atoms with Gasteiger partial charge in [0.05, 0.1) is 12.0 Å². The first-order valence-corrected chi connectivity index (χ1v) is 5.66. The number of nitrogens with zero attached hydrogens (tertiary/aromatic N) is 1. The van der Waals surface area contributed by atoms with Crippen LogP contribution in [0.2, 0.25) is 0 Å². The molecular weight excluding hydrogens is 220 g/mol. The van der Waals surface area contributed by atoms with Gasteiger partial charge in [0, 0.05) is 17.5 Å². The van der Waals surface area contributed by atoms with E-state index in [4.69, 9.17) is 10.5 Å². The molecule has 5 nitrogen and oxygen atoms in total. The molecule has 1 aromatic rings. The van der Waals surface area contributed by atoms with Crippen molar-refractivity contribution in [2.24, 2.45) is 5.73 Å². The molecule has 2 rings (SSSR count). The predicted octanol–water partition coefficient (Wildman–Crippen LogP) is 1.98. The van der Waals surface area contributed by atoms with Crippen molar-refractivity contribution in [3.8, 4) is 5.75 Å². The van der Waals surface area contributed by atoms with Gasteiger partial charge in [0.2, 0.25) is 0 Å². The molecule has 1 aliphatic carbocycles. The highest BCUT2D eigenvalue weighted by Gasteiger charge is 2.42. The zero-order chi connectivity index (χ0) is 12.5. The van der Waals surface area contributed by atoms with Crippen molar-refractivity contribution in [3.05, 3.63) is 33.9 Å². The lowest BCUT2D eigenvalue weighted by Gasteiger charge is -2.41. The number of nitro benzene ring substituents is 1. The van der Waals surface area contributed by atoms with Gasteiger partial charge in [-0.15, -0.1) is 0 Å². The molecule has 0 saturated heterocycles. The van der Waals surface area contributed by atoms with Crippen LogP contribution in [0.1, 0.15) is 24.8 Å². The Bertz CT molecular complexity index is 436. The SMILES string of the molecule is COc1cccc(C2(CN)CCC2)c1[N+](=O)[O-]. The zero-order valence-corrected chi connectivity index (χ0v) is 9.81. The number of methoxy groups -OCH3 is 1. The second kappa shape index (κ2) is 4.33. The molecule has 0 amide bonds. The summed E-state index contributed by atoms with van der Waals surface area (Å²) >= 11 is 0. The average molecular weight is 236 g/mol. The molecule has 1 saturated carbocycles. The van der Waals surface area contributed by atoms with E-state index in [2.05, 4.69) is 0 Å². The molecule has 0 atom stereocenters. The minimum Gasteiger partial charge on any atom is -0.490 e. The van der Waals surface area contributed by atoms with Crippen molar-refractivity contribution in [3.63, 3.8) is 0 Å². The maximum atomic E-state index is 11.2. The van der Waals surface area contributed by atoms with Crippen LogP contribution in [-0.4, -0.2) is 18.6 Å². The minimum absolute atomic E-state index is 0.0696. The molecule has 17 heavy (non-hydrogen) atoms. The van der Waals surface area contributed by atoms with Gasteiger partial charge in [-0.2, -0.15) is 0 Å². The number of rotatable bonds is 4. The highest BCUT2D eigenvalue weighted by Crippen LogP contribution is 2.48. The van der Waals surface area contributed by atoms with Crippen molar-refractivity contribution in [1.82, 2.24) is 0 Å². The van der Waals surface area contributed by atoms with Crippen LogP contribution in [0.4, 0.5) is 5.69 Å². The van der Waals surface area contributed by atoms with E-state index >= 15 is 0 Å². The van der Waals surface area contributed by atoms with Gasteiger partial charge in [-0.25, -0.2) is 0 Å². The molecule has 0 aliphatic heterocycles. The summed E-state index contributed by atoms with van der Waals surface area (Å²) in [5.41, 5.74) is 6.36. The topological polar surface area (TPSA) is 78.4 Å². The average Bonchev–Trinajstić information content (AvgIpc) is 2.27. The van der Waals surface area contributed by atoms with Crippen molar-refractivity contribution >= 4 is 5.69 Å². The Morgan fingerprint density at radius 1 is 1.53 bits per heavy atom. The van der Waals surface area contributed by atoms with E-state index in [0.717, 1.165) is 24.8 Å². The molecular formula is C12H16N2O3. The van der Waals surface area contributed by atoms with E-state index in [-0.39, 0.29) is 16.0 Å². The monoisotopic (exact) mass is 236 g/mol. The van der Waals surface area contributed by atoms with Gasteiger partial charge < -0.3 is 10.5 Å². The lowest BCUT2D eigenvalue weighted by atomic mass is 9.64. The van der Waals surface area contributed by atoms with Crippen LogP contribution in [0.3, 0.4) is 0 Å². The third-order valence-corrected chi connectivity index (χ3v) is 3.67. The van der Waals surface area contributed by atoms with E-state index in [0.29, 0.717) is 12.3 Å². The first kappa shape index (κ1) is 11.9. The summed E-state index contributed by atoms with van der Waals surface area (Å²) in [6.07, 6.45) is 2.90. The third kappa shape index (κ3) is 1.76. The summed E-state index contributed by atoms with van der Waals surface area (Å²) < 4.78 is 5.07. The summed E-state index contributed by atoms with van der Waals surface area (Å²) in [7, 11) is 1.45. The van der Waals surface area contributed by atoms with E-state index in [9.17, 15) is 10.1 Å². The molecule has 0 aromatic heterocycles. The minimum atomic E-state index is -0.371. The molecule has 1 aromatic carbocycles. The smallest absolute Gasteiger partial charge is 0.314 e. The second-order valence-corrected chi connectivity index (χ2v) is 4.45. The number of hydrogen-bond acceptors (Lipinski definition) is 4. The normalized spacial score (nSPS) is 17.3. The Labute approximate surface area is 99.7 Å². The summed E-state index contributed by atoms with van der Waals surface area (Å²) in [6, 6.07) is 5.20. The Balaban J connectivity index is 2.56. The van der Waals surface area contributed by atoms with E-state index in [1.807, 2.05) is 0 Å². The first-order chi connectivity index (χ1) is 8.14. The highest BCUT2D eigenvalue weighted by atomic mass is 16.6. The van der Waals surface area contributed by atoms with E-state index < -0.39 is 0 Å². The van der Waals surface area contributed by atoms with Crippen molar-refractivity contribution in [2.75, 3.05) is 13.7 Å². The Kier molecular flexibility index (Phi) is 3.02. The van der Waals surface area contributed by atoms with Gasteiger partial charge in [0.15, 0.2) is 5.75 Å². The lowest BCUT2D eigenvalue weighted by molar-refractivity contribution is -0.387. The van der Waals surface area contributed by atoms with Gasteiger partial charge in [0.1, 0.15) is 0 Å². The Morgan fingerprint density at radius 3 is 2.65 bits per heavy atom. The number of benzene rings is 1. The lowest BCUT2D eigenvalue weighted by Crippen LogP contribution is -2.42. The van der Waals surface area contributed by atoms with Crippen LogP contribution in [0.25, 0.3) is 0 Å². The largest absolute Gasteiger partial charge is 0.490 e. The highest BCUT2D eigenvalue weighted by molar-refractivity contribution is 5.56. The van der Waals surface area contributed by atoms with E-state index in [1.54, 1.807) is 18.2 Å². The summed E-state index contributed by atoms with van der Waals surface area (Å²) in [5, 5.41) is 11.2. The van der Waals surface area contributed by atoms with Gasteiger partial charge in [-0.1, -0.05) is 18.6 Å². The molecule has 0 radical (unpaired) electrons. The quantitative estimate of drug-likeness (QED) is 0.640. The fourth-order valence-corrected chi connectivity index (χ4v) is 2.49. The molecule has 5 heteroatoms. The number of hydrogen-bond donors (Lipinski definition) is 1. The van der Waals surface area contributed by atoms with E-state index in [1.165, 1.54) is 7.11 Å². The van der Waals surface area contributed by atoms with Crippen LogP contribution in [0.15, 0.2) is 18.2 Å². The third-order valence-electron chi connectivity index (χ3n) is 3.67. The number of para-hydroxylation sites is 1. The summed E-state index contributed by atoms with van der Waals surface area (Å²) in [5.74, 6) is 0.312. The van der Waals surface area contributed by atoms with Crippen LogP contribution in [-0.2, 0) is 5.41 Å². The Hall–Kier alpha value is -1.62. The standard InChI is InChI=1S/C12H16N2O3/c1-17-10-5-2-4-9(11(10)14(15)16)12(8-13)6-3-7-12/h2,4-5H,3,6-8,13H2,1H3. The first-order valence-electron chi connectivity index (χ1n) is 5.66. The molecule has 0 heterocycles. The zero-order valence-electron chi connectivity index (χ0n) is 9.81. The maximum absolute atomic E-state index is 11.2. The fraction of sp³-hybridized carbons (Fsp3) is 0.500. The van der Waals surface area contributed by atoms with Gasteiger partial charge in [-0.05, 0) is 18.9 Å². The van der Waals surface area contributed by atoms with Crippen LogP contribution < -0.4 is 10.5 Å². The summed E-state index contributed by atoms with van der Waals surface area (Å²) in [6.45, 7) is 0.445. The fourth-order valence-electron chi connectivity index (χ4n) is 2.49. The van der Waals surface area contributed by atoms with Gasteiger partial charge in [-0.3, -0.25) is 10.1 Å². The van der Waals surface area contributed by atoms with Crippen LogP contribution >= 0.6 is 0 Å². The molecule has 0 unspecified atom stereocenters. The van der Waals surface area contributed by atoms with Gasteiger partial charge in [0.25, 0.3) is 0 Å². The van der Waals surface area contributed by atoms with Crippen molar-refractivity contribution in [2.45, 2.75) is 24.7 Å². The Morgan fingerprint density at radius 2 is 2.24 bits per heavy atom.